The SMILES string of the molecule is O=C(Nc1ccc(-n2cncn2)nc1)c1ccc(Cl)c(NC(=O)c2cccs2)c1. The molecule has 29 heavy (non-hydrogen) atoms. The summed E-state index contributed by atoms with van der Waals surface area (Å²) in [6.45, 7) is 0. The van der Waals surface area contributed by atoms with E-state index in [1.54, 1.807) is 36.4 Å². The van der Waals surface area contributed by atoms with Gasteiger partial charge in [0.15, 0.2) is 5.82 Å². The lowest BCUT2D eigenvalue weighted by atomic mass is 10.1. The van der Waals surface area contributed by atoms with Crippen LogP contribution in [0.5, 0.6) is 0 Å². The summed E-state index contributed by atoms with van der Waals surface area (Å²) in [5.41, 5.74) is 1.21. The third-order valence-corrected chi connectivity index (χ3v) is 5.08. The fraction of sp³-hybridized carbons (Fsp3) is 0. The fourth-order valence-electron chi connectivity index (χ4n) is 2.48. The Morgan fingerprint density at radius 3 is 2.66 bits per heavy atom. The van der Waals surface area contributed by atoms with Gasteiger partial charge in [-0.15, -0.1) is 11.3 Å². The predicted octanol–water partition coefficient (Wildman–Crippen LogP) is 3.88. The Labute approximate surface area is 174 Å². The Hall–Kier alpha value is -3.56. The summed E-state index contributed by atoms with van der Waals surface area (Å²) in [4.78, 5) is 33.5. The molecule has 0 atom stereocenters. The molecule has 0 saturated heterocycles. The molecule has 2 amide bonds. The Bertz CT molecular complexity index is 1140. The van der Waals surface area contributed by atoms with E-state index in [9.17, 15) is 9.59 Å². The molecule has 0 saturated carbocycles. The quantitative estimate of drug-likeness (QED) is 0.506. The molecule has 0 fully saturated rings. The van der Waals surface area contributed by atoms with Gasteiger partial charge in [0.25, 0.3) is 11.8 Å². The summed E-state index contributed by atoms with van der Waals surface area (Å²) in [6.07, 6.45) is 4.46. The van der Waals surface area contributed by atoms with Gasteiger partial charge in [-0.1, -0.05) is 17.7 Å². The van der Waals surface area contributed by atoms with Crippen molar-refractivity contribution in [1.29, 1.82) is 0 Å². The van der Waals surface area contributed by atoms with Crippen LogP contribution in [-0.2, 0) is 0 Å². The molecule has 3 aromatic heterocycles. The molecule has 4 rings (SSSR count). The maximum Gasteiger partial charge on any atom is 0.265 e. The molecule has 2 N–H and O–H groups in total. The van der Waals surface area contributed by atoms with Crippen molar-refractivity contribution < 1.29 is 9.59 Å². The summed E-state index contributed by atoms with van der Waals surface area (Å²) < 4.78 is 1.51. The third-order valence-electron chi connectivity index (χ3n) is 3.88. The lowest BCUT2D eigenvalue weighted by Gasteiger charge is -2.10. The van der Waals surface area contributed by atoms with E-state index in [4.69, 9.17) is 11.6 Å². The zero-order valence-corrected chi connectivity index (χ0v) is 16.3. The van der Waals surface area contributed by atoms with Gasteiger partial charge in [-0.3, -0.25) is 9.59 Å². The van der Waals surface area contributed by atoms with Gasteiger partial charge in [0, 0.05) is 5.56 Å². The summed E-state index contributed by atoms with van der Waals surface area (Å²) in [5.74, 6) is -0.0680. The molecule has 0 unspecified atom stereocenters. The number of pyridine rings is 1. The average molecular weight is 425 g/mol. The lowest BCUT2D eigenvalue weighted by Crippen LogP contribution is -2.14. The van der Waals surface area contributed by atoms with Crippen LogP contribution in [-0.4, -0.2) is 31.6 Å². The number of hydrogen-bond donors (Lipinski definition) is 2. The van der Waals surface area contributed by atoms with Crippen LogP contribution in [0.3, 0.4) is 0 Å². The smallest absolute Gasteiger partial charge is 0.265 e. The molecule has 0 radical (unpaired) electrons. The predicted molar refractivity (Wildman–Crippen MR) is 111 cm³/mol. The van der Waals surface area contributed by atoms with E-state index in [0.29, 0.717) is 32.7 Å². The minimum absolute atomic E-state index is 0.285. The highest BCUT2D eigenvalue weighted by atomic mass is 35.5. The van der Waals surface area contributed by atoms with Crippen molar-refractivity contribution in [3.8, 4) is 5.82 Å². The number of aromatic nitrogens is 4. The average Bonchev–Trinajstić information content (AvgIpc) is 3.44. The molecule has 0 aliphatic rings. The second-order valence-electron chi connectivity index (χ2n) is 5.83. The Morgan fingerprint density at radius 2 is 1.97 bits per heavy atom. The molecule has 0 aliphatic carbocycles. The minimum Gasteiger partial charge on any atom is -0.321 e. The lowest BCUT2D eigenvalue weighted by molar-refractivity contribution is 0.101. The van der Waals surface area contributed by atoms with Crippen LogP contribution in [0.2, 0.25) is 5.02 Å². The summed E-state index contributed by atoms with van der Waals surface area (Å²) in [6, 6.07) is 11.6. The number of nitrogens with zero attached hydrogens (tertiary/aromatic N) is 4. The third kappa shape index (κ3) is 4.31. The van der Waals surface area contributed by atoms with Crippen molar-refractivity contribution in [1.82, 2.24) is 19.7 Å². The van der Waals surface area contributed by atoms with E-state index in [2.05, 4.69) is 25.7 Å². The van der Waals surface area contributed by atoms with E-state index in [-0.39, 0.29) is 11.8 Å². The van der Waals surface area contributed by atoms with Gasteiger partial charge < -0.3 is 10.6 Å². The van der Waals surface area contributed by atoms with Gasteiger partial charge in [-0.05, 0) is 41.8 Å². The highest BCUT2D eigenvalue weighted by molar-refractivity contribution is 7.12. The standard InChI is InChI=1S/C19H13ClN6O2S/c20-14-5-3-12(8-15(14)25-19(28)16-2-1-7-29-16)18(27)24-13-4-6-17(22-9-13)26-11-21-10-23-26/h1-11H,(H,24,27)(H,25,28). The summed E-state index contributed by atoms with van der Waals surface area (Å²) >= 11 is 7.48. The molecule has 0 bridgehead atoms. The number of anilines is 2. The van der Waals surface area contributed by atoms with Crippen molar-refractivity contribution in [2.45, 2.75) is 0 Å². The molecule has 10 heteroatoms. The first-order valence-corrected chi connectivity index (χ1v) is 9.63. The van der Waals surface area contributed by atoms with Gasteiger partial charge in [0.05, 0.1) is 27.5 Å². The van der Waals surface area contributed by atoms with Gasteiger partial charge in [0.1, 0.15) is 12.7 Å². The fourth-order valence-corrected chi connectivity index (χ4v) is 3.26. The first kappa shape index (κ1) is 18.8. The Morgan fingerprint density at radius 1 is 1.07 bits per heavy atom. The first-order chi connectivity index (χ1) is 14.1. The molecule has 8 nitrogen and oxygen atoms in total. The second-order valence-corrected chi connectivity index (χ2v) is 7.18. The topological polar surface area (TPSA) is 102 Å². The van der Waals surface area contributed by atoms with Crippen molar-refractivity contribution in [2.75, 3.05) is 10.6 Å². The maximum absolute atomic E-state index is 12.6. The zero-order valence-electron chi connectivity index (χ0n) is 14.7. The number of carbonyl (C=O) groups excluding carboxylic acids is 2. The largest absolute Gasteiger partial charge is 0.321 e. The molecule has 0 spiro atoms. The molecular weight excluding hydrogens is 412 g/mol. The van der Waals surface area contributed by atoms with Gasteiger partial charge >= 0.3 is 0 Å². The number of amides is 2. The van der Waals surface area contributed by atoms with Crippen LogP contribution in [0, 0.1) is 0 Å². The second kappa shape index (κ2) is 8.21. The van der Waals surface area contributed by atoms with E-state index >= 15 is 0 Å². The van der Waals surface area contributed by atoms with Crippen molar-refractivity contribution in [3.05, 3.63) is 82.2 Å². The first-order valence-electron chi connectivity index (χ1n) is 8.37. The van der Waals surface area contributed by atoms with Crippen LogP contribution in [0.4, 0.5) is 11.4 Å². The Balaban J connectivity index is 1.48. The number of nitrogens with one attached hydrogen (secondary N) is 2. The number of benzene rings is 1. The molecule has 1 aromatic carbocycles. The van der Waals surface area contributed by atoms with Gasteiger partial charge in [-0.25, -0.2) is 14.6 Å². The van der Waals surface area contributed by atoms with Crippen molar-refractivity contribution >= 4 is 46.1 Å². The maximum atomic E-state index is 12.6. The zero-order chi connectivity index (χ0) is 20.2. The van der Waals surface area contributed by atoms with Gasteiger partial charge in [-0.2, -0.15) is 5.10 Å². The molecule has 4 aromatic rings. The van der Waals surface area contributed by atoms with E-state index in [1.165, 1.54) is 40.9 Å². The Kier molecular flexibility index (Phi) is 5.32. The van der Waals surface area contributed by atoms with Crippen LogP contribution >= 0.6 is 22.9 Å². The van der Waals surface area contributed by atoms with Crippen LogP contribution in [0.1, 0.15) is 20.0 Å². The van der Waals surface area contributed by atoms with Crippen molar-refractivity contribution in [2.24, 2.45) is 0 Å². The molecule has 3 heterocycles. The van der Waals surface area contributed by atoms with Crippen LogP contribution in [0.25, 0.3) is 5.82 Å². The molecule has 144 valence electrons. The normalized spacial score (nSPS) is 10.5. The van der Waals surface area contributed by atoms with E-state index in [0.717, 1.165) is 0 Å². The highest BCUT2D eigenvalue weighted by Crippen LogP contribution is 2.25. The van der Waals surface area contributed by atoms with Crippen molar-refractivity contribution in [3.63, 3.8) is 0 Å². The summed E-state index contributed by atoms with van der Waals surface area (Å²) in [5, 5.41) is 11.6. The number of carbonyl (C=O) groups is 2. The summed E-state index contributed by atoms with van der Waals surface area (Å²) in [7, 11) is 0. The van der Waals surface area contributed by atoms with Crippen LogP contribution < -0.4 is 10.6 Å². The number of rotatable bonds is 5. The number of hydrogen-bond acceptors (Lipinski definition) is 6. The van der Waals surface area contributed by atoms with E-state index in [1.807, 2.05) is 5.38 Å². The highest BCUT2D eigenvalue weighted by Gasteiger charge is 2.13. The number of thiophene rings is 1. The van der Waals surface area contributed by atoms with Crippen LogP contribution in [0.15, 0.2) is 66.7 Å². The van der Waals surface area contributed by atoms with E-state index < -0.39 is 0 Å². The molecule has 0 aliphatic heterocycles. The minimum atomic E-state index is -0.358. The van der Waals surface area contributed by atoms with Gasteiger partial charge in [0.2, 0.25) is 0 Å². The number of halogens is 1. The monoisotopic (exact) mass is 424 g/mol. The molecular formula is C19H13ClN6O2S.